The third-order valence-electron chi connectivity index (χ3n) is 2.86. The molecule has 1 aliphatic rings. The van der Waals surface area contributed by atoms with Gasteiger partial charge in [-0.15, -0.1) is 0 Å². The van der Waals surface area contributed by atoms with Crippen molar-refractivity contribution in [3.05, 3.63) is 35.9 Å². The molecule has 64 valence electrons. The van der Waals surface area contributed by atoms with Crippen molar-refractivity contribution in [1.82, 2.24) is 4.90 Å². The third-order valence-corrected chi connectivity index (χ3v) is 2.86. The Hall–Kier alpha value is -0.820. The Morgan fingerprint density at radius 1 is 1.08 bits per heavy atom. The van der Waals surface area contributed by atoms with Crippen LogP contribution in [-0.4, -0.2) is 17.0 Å². The minimum Gasteiger partial charge on any atom is -0.291 e. The number of hydrogen-bond donors (Lipinski definition) is 0. The van der Waals surface area contributed by atoms with Crippen LogP contribution in [0.3, 0.4) is 0 Å². The van der Waals surface area contributed by atoms with E-state index in [9.17, 15) is 0 Å². The molecule has 0 N–H and O–H groups in total. The molecule has 1 fully saturated rings. The van der Waals surface area contributed by atoms with Gasteiger partial charge in [0.05, 0.1) is 0 Å². The van der Waals surface area contributed by atoms with Gasteiger partial charge in [-0.25, -0.2) is 0 Å². The fourth-order valence-electron chi connectivity index (χ4n) is 1.66. The van der Waals surface area contributed by atoms with Crippen molar-refractivity contribution in [1.29, 1.82) is 0 Å². The number of nitrogens with zero attached hydrogens (tertiary/aromatic N) is 1. The molecule has 0 saturated carbocycles. The molecule has 1 saturated heterocycles. The van der Waals surface area contributed by atoms with E-state index in [2.05, 4.69) is 49.1 Å². The van der Waals surface area contributed by atoms with Crippen LogP contribution < -0.4 is 0 Å². The highest BCUT2D eigenvalue weighted by Gasteiger charge is 2.38. The first-order chi connectivity index (χ1) is 5.79. The molecule has 0 amide bonds. The maximum Gasteiger partial charge on any atom is 0.0240 e. The fourth-order valence-corrected chi connectivity index (χ4v) is 1.66. The predicted molar refractivity (Wildman–Crippen MR) is 50.9 cm³/mol. The van der Waals surface area contributed by atoms with Crippen LogP contribution >= 0.6 is 0 Å². The van der Waals surface area contributed by atoms with Gasteiger partial charge in [-0.2, -0.15) is 0 Å². The first kappa shape index (κ1) is 7.81. The molecule has 0 unspecified atom stereocenters. The molecule has 0 aliphatic carbocycles. The van der Waals surface area contributed by atoms with Crippen LogP contribution in [0, 0.1) is 0 Å². The first-order valence-electron chi connectivity index (χ1n) is 4.58. The van der Waals surface area contributed by atoms with E-state index in [0.29, 0.717) is 0 Å². The average Bonchev–Trinajstić information content (AvgIpc) is 2.65. The summed E-state index contributed by atoms with van der Waals surface area (Å²) in [6, 6.07) is 12.2. The maximum atomic E-state index is 2.50. The van der Waals surface area contributed by atoms with Crippen molar-refractivity contribution >= 4 is 0 Å². The van der Waals surface area contributed by atoms with Gasteiger partial charge in [0, 0.05) is 18.6 Å². The van der Waals surface area contributed by atoms with E-state index in [4.69, 9.17) is 0 Å². The molecule has 1 heteroatoms. The van der Waals surface area contributed by atoms with Gasteiger partial charge in [0.15, 0.2) is 0 Å². The lowest BCUT2D eigenvalue weighted by atomic mass is 10.2. The van der Waals surface area contributed by atoms with E-state index in [1.165, 1.54) is 5.56 Å². The molecule has 0 aromatic heterocycles. The van der Waals surface area contributed by atoms with E-state index >= 15 is 0 Å². The first-order valence-corrected chi connectivity index (χ1v) is 4.58. The molecule has 0 spiro atoms. The summed E-state index contributed by atoms with van der Waals surface area (Å²) in [5, 5.41) is 0. The minimum absolute atomic E-state index is 0.783. The largest absolute Gasteiger partial charge is 0.291 e. The lowest BCUT2D eigenvalue weighted by Gasteiger charge is -2.01. The van der Waals surface area contributed by atoms with Crippen LogP contribution in [0.5, 0.6) is 0 Å². The van der Waals surface area contributed by atoms with Gasteiger partial charge in [-0.05, 0) is 19.4 Å². The molecule has 12 heavy (non-hydrogen) atoms. The minimum atomic E-state index is 0.783. The summed E-state index contributed by atoms with van der Waals surface area (Å²) in [6.07, 6.45) is 0. The Balaban J connectivity index is 1.97. The van der Waals surface area contributed by atoms with Crippen molar-refractivity contribution in [3.8, 4) is 0 Å². The van der Waals surface area contributed by atoms with E-state index in [1.807, 2.05) is 0 Å². The highest BCUT2D eigenvalue weighted by atomic mass is 15.3. The quantitative estimate of drug-likeness (QED) is 0.601. The van der Waals surface area contributed by atoms with Gasteiger partial charge in [-0.1, -0.05) is 30.3 Å². The summed E-state index contributed by atoms with van der Waals surface area (Å²) in [5.41, 5.74) is 1.42. The van der Waals surface area contributed by atoms with E-state index < -0.39 is 0 Å². The summed E-state index contributed by atoms with van der Waals surface area (Å²) in [5.74, 6) is 0. The molecule has 2 rings (SSSR count). The molecule has 2 atom stereocenters. The van der Waals surface area contributed by atoms with Gasteiger partial charge in [0.25, 0.3) is 0 Å². The second-order valence-electron chi connectivity index (χ2n) is 3.64. The van der Waals surface area contributed by atoms with Crippen LogP contribution in [0.1, 0.15) is 19.4 Å². The Morgan fingerprint density at radius 3 is 2.17 bits per heavy atom. The Morgan fingerprint density at radius 2 is 1.67 bits per heavy atom. The summed E-state index contributed by atoms with van der Waals surface area (Å²) >= 11 is 0. The molecule has 1 aromatic rings. The van der Waals surface area contributed by atoms with Gasteiger partial charge in [-0.3, -0.25) is 4.90 Å². The molecule has 0 bridgehead atoms. The predicted octanol–water partition coefficient (Wildman–Crippen LogP) is 2.28. The number of benzene rings is 1. The number of rotatable bonds is 2. The van der Waals surface area contributed by atoms with Crippen LogP contribution in [0.25, 0.3) is 0 Å². The monoisotopic (exact) mass is 161 g/mol. The molecule has 1 aromatic carbocycles. The summed E-state index contributed by atoms with van der Waals surface area (Å²) in [6.45, 7) is 5.68. The van der Waals surface area contributed by atoms with Crippen LogP contribution in [0.15, 0.2) is 30.3 Å². The highest BCUT2D eigenvalue weighted by molar-refractivity contribution is 5.16. The summed E-state index contributed by atoms with van der Waals surface area (Å²) < 4.78 is 0. The zero-order valence-electron chi connectivity index (χ0n) is 7.70. The zero-order valence-corrected chi connectivity index (χ0v) is 7.70. The lowest BCUT2D eigenvalue weighted by Crippen LogP contribution is -2.00. The Kier molecular flexibility index (Phi) is 1.89. The van der Waals surface area contributed by atoms with Crippen molar-refractivity contribution < 1.29 is 0 Å². The normalized spacial score (nSPS) is 33.3. The SMILES string of the molecule is C[C@H]1[C@H](C)N1Cc1ccccc1. The molecular weight excluding hydrogens is 146 g/mol. The number of hydrogen-bond acceptors (Lipinski definition) is 1. The van der Waals surface area contributed by atoms with E-state index in [1.54, 1.807) is 0 Å². The van der Waals surface area contributed by atoms with Gasteiger partial charge < -0.3 is 0 Å². The highest BCUT2D eigenvalue weighted by Crippen LogP contribution is 2.28. The van der Waals surface area contributed by atoms with E-state index in [0.717, 1.165) is 18.6 Å². The van der Waals surface area contributed by atoms with Crippen molar-refractivity contribution in [2.45, 2.75) is 32.5 Å². The molecular formula is C11H15N. The van der Waals surface area contributed by atoms with E-state index in [-0.39, 0.29) is 0 Å². The Labute approximate surface area is 74.0 Å². The van der Waals surface area contributed by atoms with Crippen molar-refractivity contribution in [3.63, 3.8) is 0 Å². The summed E-state index contributed by atoms with van der Waals surface area (Å²) in [4.78, 5) is 2.50. The van der Waals surface area contributed by atoms with Gasteiger partial charge in [0.1, 0.15) is 0 Å². The zero-order chi connectivity index (χ0) is 8.55. The lowest BCUT2D eigenvalue weighted by molar-refractivity contribution is 0.488. The molecule has 0 radical (unpaired) electrons. The molecule has 1 aliphatic heterocycles. The molecule has 1 nitrogen and oxygen atoms in total. The van der Waals surface area contributed by atoms with Crippen molar-refractivity contribution in [2.75, 3.05) is 0 Å². The smallest absolute Gasteiger partial charge is 0.0240 e. The van der Waals surface area contributed by atoms with Crippen LogP contribution in [0.4, 0.5) is 0 Å². The standard InChI is InChI=1S/C11H15N/c1-9-10(2)12(9)8-11-6-4-3-5-7-11/h3-7,9-10H,8H2,1-2H3/t9-,10-/m0/s1. The second-order valence-corrected chi connectivity index (χ2v) is 3.64. The average molecular weight is 161 g/mol. The van der Waals surface area contributed by atoms with Crippen LogP contribution in [-0.2, 0) is 6.54 Å². The maximum absolute atomic E-state index is 2.50. The molecule has 1 heterocycles. The Bertz CT molecular complexity index is 247. The topological polar surface area (TPSA) is 3.01 Å². The summed E-state index contributed by atoms with van der Waals surface area (Å²) in [7, 11) is 0. The van der Waals surface area contributed by atoms with Crippen molar-refractivity contribution in [2.24, 2.45) is 0 Å². The van der Waals surface area contributed by atoms with Gasteiger partial charge >= 0.3 is 0 Å². The van der Waals surface area contributed by atoms with Crippen LogP contribution in [0.2, 0.25) is 0 Å². The van der Waals surface area contributed by atoms with Gasteiger partial charge in [0.2, 0.25) is 0 Å². The third kappa shape index (κ3) is 1.37. The second kappa shape index (κ2) is 2.91. The fraction of sp³-hybridized carbons (Fsp3) is 0.455.